The van der Waals surface area contributed by atoms with Crippen LogP contribution in [0.25, 0.3) is 0 Å². The summed E-state index contributed by atoms with van der Waals surface area (Å²) in [7, 11) is 1.67. The van der Waals surface area contributed by atoms with Crippen molar-refractivity contribution in [1.82, 2.24) is 0 Å². The van der Waals surface area contributed by atoms with Crippen LogP contribution in [0.2, 0.25) is 0 Å². The molecule has 4 rings (SSSR count). The lowest BCUT2D eigenvalue weighted by atomic mass is 9.95. The lowest BCUT2D eigenvalue weighted by Gasteiger charge is -2.34. The lowest BCUT2D eigenvalue weighted by molar-refractivity contribution is -0.179. The van der Waals surface area contributed by atoms with E-state index in [1.165, 1.54) is 11.0 Å². The number of nitrogens with one attached hydrogen (secondary N) is 1. The van der Waals surface area contributed by atoms with Gasteiger partial charge in [-0.1, -0.05) is 0 Å². The molecule has 2 aromatic carbocycles. The number of likely N-dealkylation sites (N-methyl/N-ethyl adjacent to an activating group) is 1. The van der Waals surface area contributed by atoms with E-state index >= 15 is 0 Å². The zero-order valence-electron chi connectivity index (χ0n) is 17.2. The van der Waals surface area contributed by atoms with Crippen molar-refractivity contribution in [2.45, 2.75) is 25.9 Å². The van der Waals surface area contributed by atoms with Crippen molar-refractivity contribution in [2.24, 2.45) is 5.92 Å². The summed E-state index contributed by atoms with van der Waals surface area (Å²) in [6.07, 6.45) is -4.27. The number of hydrogen-bond donors (Lipinski definition) is 1. The highest BCUT2D eigenvalue weighted by atomic mass is 19.4. The standard InChI is InChI=1S/C22H23F4N3O2/c1-13-9-19(29-7-5-14(6-8-29)22(24,25)26)16(23)11-17(13)27-15-3-4-18-20(10-15)31-12-21(30)28(18)2/h3-4,9-11,14,27H,5-8,12H2,1-2H3. The second-order valence-electron chi connectivity index (χ2n) is 7.97. The van der Waals surface area contributed by atoms with E-state index < -0.39 is 17.9 Å². The molecule has 31 heavy (non-hydrogen) atoms. The van der Waals surface area contributed by atoms with E-state index in [4.69, 9.17) is 4.74 Å². The van der Waals surface area contributed by atoms with Gasteiger partial charge in [0.2, 0.25) is 0 Å². The van der Waals surface area contributed by atoms with Crippen molar-refractivity contribution >= 4 is 28.7 Å². The molecule has 1 fully saturated rings. The Morgan fingerprint density at radius 2 is 1.81 bits per heavy atom. The van der Waals surface area contributed by atoms with Crippen LogP contribution in [0, 0.1) is 18.7 Å². The van der Waals surface area contributed by atoms with Gasteiger partial charge in [-0.15, -0.1) is 0 Å². The van der Waals surface area contributed by atoms with Crippen LogP contribution in [0.15, 0.2) is 30.3 Å². The number of benzene rings is 2. The number of hydrogen-bond acceptors (Lipinski definition) is 4. The third-order valence-electron chi connectivity index (χ3n) is 5.92. The smallest absolute Gasteiger partial charge is 0.391 e. The minimum atomic E-state index is -4.20. The molecule has 1 saturated heterocycles. The number of halogens is 4. The summed E-state index contributed by atoms with van der Waals surface area (Å²) in [5, 5.41) is 3.16. The van der Waals surface area contributed by atoms with Crippen molar-refractivity contribution in [1.29, 1.82) is 0 Å². The van der Waals surface area contributed by atoms with Gasteiger partial charge < -0.3 is 19.9 Å². The Labute approximate surface area is 177 Å². The number of anilines is 4. The fraction of sp³-hybridized carbons (Fsp3) is 0.409. The normalized spacial score (nSPS) is 17.4. The topological polar surface area (TPSA) is 44.8 Å². The third-order valence-corrected chi connectivity index (χ3v) is 5.92. The molecule has 9 heteroatoms. The van der Waals surface area contributed by atoms with Crippen molar-refractivity contribution in [3.8, 4) is 5.75 Å². The van der Waals surface area contributed by atoms with Crippen molar-refractivity contribution in [2.75, 3.05) is 41.9 Å². The van der Waals surface area contributed by atoms with Gasteiger partial charge in [-0.05, 0) is 49.6 Å². The lowest BCUT2D eigenvalue weighted by Crippen LogP contribution is -2.39. The molecule has 2 aliphatic heterocycles. The number of carbonyl (C=O) groups is 1. The summed E-state index contributed by atoms with van der Waals surface area (Å²) in [4.78, 5) is 14.9. The van der Waals surface area contributed by atoms with Crippen molar-refractivity contribution in [3.05, 3.63) is 41.7 Å². The van der Waals surface area contributed by atoms with Gasteiger partial charge in [-0.2, -0.15) is 13.2 Å². The Balaban J connectivity index is 1.50. The number of carbonyl (C=O) groups excluding carboxylic acids is 1. The molecule has 0 radical (unpaired) electrons. The number of alkyl halides is 3. The number of rotatable bonds is 3. The van der Waals surface area contributed by atoms with Crippen LogP contribution in [-0.2, 0) is 4.79 Å². The van der Waals surface area contributed by atoms with Gasteiger partial charge in [-0.3, -0.25) is 4.79 Å². The van der Waals surface area contributed by atoms with Gasteiger partial charge in [0, 0.05) is 37.6 Å². The number of amides is 1. The molecule has 0 spiro atoms. The van der Waals surface area contributed by atoms with E-state index in [0.717, 1.165) is 5.56 Å². The van der Waals surface area contributed by atoms with Gasteiger partial charge in [0.1, 0.15) is 11.6 Å². The van der Waals surface area contributed by atoms with Crippen molar-refractivity contribution < 1.29 is 27.1 Å². The maximum atomic E-state index is 14.8. The summed E-state index contributed by atoms with van der Waals surface area (Å²) in [6, 6.07) is 8.28. The average Bonchev–Trinajstić information content (AvgIpc) is 2.73. The zero-order chi connectivity index (χ0) is 22.3. The fourth-order valence-electron chi connectivity index (χ4n) is 4.00. The van der Waals surface area contributed by atoms with Crippen LogP contribution >= 0.6 is 0 Å². The molecule has 2 heterocycles. The minimum absolute atomic E-state index is 0.0337. The quantitative estimate of drug-likeness (QED) is 0.686. The molecular formula is C22H23F4N3O2. The van der Waals surface area contributed by atoms with Crippen molar-refractivity contribution in [3.63, 3.8) is 0 Å². The molecule has 0 saturated carbocycles. The van der Waals surface area contributed by atoms with Crippen LogP contribution in [0.1, 0.15) is 18.4 Å². The summed E-state index contributed by atoms with van der Waals surface area (Å²) in [5.41, 5.74) is 2.95. The van der Waals surface area contributed by atoms with E-state index in [2.05, 4.69) is 5.32 Å². The second kappa shape index (κ2) is 7.94. The predicted octanol–water partition coefficient (Wildman–Crippen LogP) is 5.01. The van der Waals surface area contributed by atoms with Gasteiger partial charge in [0.25, 0.3) is 5.91 Å². The van der Waals surface area contributed by atoms with Crippen LogP contribution in [0.4, 0.5) is 40.3 Å². The average molecular weight is 437 g/mol. The summed E-state index contributed by atoms with van der Waals surface area (Å²) >= 11 is 0. The Morgan fingerprint density at radius 3 is 2.48 bits per heavy atom. The van der Waals surface area contributed by atoms with Crippen LogP contribution in [-0.4, -0.2) is 38.8 Å². The maximum absolute atomic E-state index is 14.8. The maximum Gasteiger partial charge on any atom is 0.391 e. The number of piperidine rings is 1. The van der Waals surface area contributed by atoms with Gasteiger partial charge in [0.15, 0.2) is 6.61 Å². The first-order chi connectivity index (χ1) is 14.6. The van der Waals surface area contributed by atoms with E-state index in [1.54, 1.807) is 36.2 Å². The summed E-state index contributed by atoms with van der Waals surface area (Å²) in [5.74, 6) is -1.40. The minimum Gasteiger partial charge on any atom is -0.481 e. The molecule has 0 aliphatic carbocycles. The SMILES string of the molecule is Cc1cc(N2CCC(C(F)(F)F)CC2)c(F)cc1Nc1ccc2c(c1)OCC(=O)N2C. The molecule has 1 amide bonds. The predicted molar refractivity (Wildman–Crippen MR) is 111 cm³/mol. The highest BCUT2D eigenvalue weighted by molar-refractivity contribution is 5.97. The number of nitrogens with zero attached hydrogens (tertiary/aromatic N) is 2. The molecule has 0 aromatic heterocycles. The monoisotopic (exact) mass is 437 g/mol. The highest BCUT2D eigenvalue weighted by Gasteiger charge is 2.41. The molecule has 0 unspecified atom stereocenters. The zero-order valence-corrected chi connectivity index (χ0v) is 17.2. The molecule has 1 N–H and O–H groups in total. The Bertz CT molecular complexity index is 1000. The van der Waals surface area contributed by atoms with E-state index in [-0.39, 0.29) is 38.4 Å². The Hall–Kier alpha value is -2.97. The van der Waals surface area contributed by atoms with Gasteiger partial charge in [0.05, 0.1) is 17.3 Å². The Kier molecular flexibility index (Phi) is 5.45. The molecule has 166 valence electrons. The summed E-state index contributed by atoms with van der Waals surface area (Å²) in [6.45, 7) is 2.11. The van der Waals surface area contributed by atoms with Crippen LogP contribution in [0.5, 0.6) is 5.75 Å². The van der Waals surface area contributed by atoms with E-state index in [0.29, 0.717) is 28.5 Å². The fourth-order valence-corrected chi connectivity index (χ4v) is 4.00. The number of fused-ring (bicyclic) bond motifs is 1. The molecule has 2 aromatic rings. The molecule has 0 bridgehead atoms. The molecule has 5 nitrogen and oxygen atoms in total. The molecule has 2 aliphatic rings. The van der Waals surface area contributed by atoms with Crippen LogP contribution < -0.4 is 19.9 Å². The largest absolute Gasteiger partial charge is 0.481 e. The molecule has 0 atom stereocenters. The van der Waals surface area contributed by atoms with Gasteiger partial charge >= 0.3 is 6.18 Å². The second-order valence-corrected chi connectivity index (χ2v) is 7.97. The first-order valence-electron chi connectivity index (χ1n) is 10.1. The third kappa shape index (κ3) is 4.26. The summed E-state index contributed by atoms with van der Waals surface area (Å²) < 4.78 is 59.0. The van der Waals surface area contributed by atoms with E-state index in [1.807, 2.05) is 6.92 Å². The van der Waals surface area contributed by atoms with Gasteiger partial charge in [-0.25, -0.2) is 4.39 Å². The van der Waals surface area contributed by atoms with Crippen LogP contribution in [0.3, 0.4) is 0 Å². The number of ether oxygens (including phenoxy) is 1. The number of aryl methyl sites for hydroxylation is 1. The highest BCUT2D eigenvalue weighted by Crippen LogP contribution is 2.38. The molecular weight excluding hydrogens is 414 g/mol. The van der Waals surface area contributed by atoms with E-state index in [9.17, 15) is 22.4 Å². The first-order valence-corrected chi connectivity index (χ1v) is 10.1. The first kappa shape index (κ1) is 21.3. The Morgan fingerprint density at radius 1 is 1.10 bits per heavy atom.